The molecule has 1 unspecified atom stereocenters. The minimum atomic E-state index is 0.351. The van der Waals surface area contributed by atoms with Gasteiger partial charge in [-0.1, -0.05) is 6.92 Å². The van der Waals surface area contributed by atoms with E-state index in [1.165, 1.54) is 45.3 Å². The lowest BCUT2D eigenvalue weighted by Gasteiger charge is -2.35. The van der Waals surface area contributed by atoms with Crippen molar-refractivity contribution in [1.82, 2.24) is 15.1 Å². The van der Waals surface area contributed by atoms with Gasteiger partial charge in [-0.05, 0) is 46.3 Å². The number of rotatable bonds is 10. The molecule has 0 spiro atoms. The van der Waals surface area contributed by atoms with Gasteiger partial charge in [-0.15, -0.1) is 0 Å². The van der Waals surface area contributed by atoms with Gasteiger partial charge in [0.1, 0.15) is 0 Å². The summed E-state index contributed by atoms with van der Waals surface area (Å²) < 4.78 is 5.74. The number of hydrogen-bond acceptors (Lipinski definition) is 4. The summed E-state index contributed by atoms with van der Waals surface area (Å²) in [5.41, 5.74) is 0.351. The van der Waals surface area contributed by atoms with Gasteiger partial charge in [0.25, 0.3) is 0 Å². The van der Waals surface area contributed by atoms with Gasteiger partial charge in [0.05, 0.1) is 6.61 Å². The summed E-state index contributed by atoms with van der Waals surface area (Å²) in [6.07, 6.45) is 5.20. The van der Waals surface area contributed by atoms with Crippen LogP contribution < -0.4 is 5.32 Å². The lowest BCUT2D eigenvalue weighted by molar-refractivity contribution is 0.104. The fourth-order valence-electron chi connectivity index (χ4n) is 3.02. The van der Waals surface area contributed by atoms with Crippen molar-refractivity contribution in [2.45, 2.75) is 38.6 Å². The zero-order valence-electron chi connectivity index (χ0n) is 13.7. The van der Waals surface area contributed by atoms with Crippen molar-refractivity contribution in [3.05, 3.63) is 0 Å². The second kappa shape index (κ2) is 7.74. The molecule has 0 aromatic rings. The molecule has 118 valence electrons. The van der Waals surface area contributed by atoms with E-state index < -0.39 is 0 Å². The Bertz CT molecular complexity index is 273. The van der Waals surface area contributed by atoms with E-state index in [0.29, 0.717) is 5.41 Å². The molecule has 20 heavy (non-hydrogen) atoms. The average molecular weight is 283 g/mol. The second-order valence-corrected chi connectivity index (χ2v) is 7.04. The fraction of sp³-hybridized carbons (Fsp3) is 1.00. The molecule has 1 atom stereocenters. The molecule has 1 aliphatic carbocycles. The van der Waals surface area contributed by atoms with Gasteiger partial charge in [0, 0.05) is 44.2 Å². The Hall–Kier alpha value is -0.160. The molecule has 0 aromatic heterocycles. The Morgan fingerprint density at radius 2 is 2.00 bits per heavy atom. The lowest BCUT2D eigenvalue weighted by Crippen LogP contribution is -2.47. The summed E-state index contributed by atoms with van der Waals surface area (Å²) in [6.45, 7) is 10.0. The maximum Gasteiger partial charge on any atom is 0.0547 e. The quantitative estimate of drug-likeness (QED) is 0.656. The maximum atomic E-state index is 5.74. The summed E-state index contributed by atoms with van der Waals surface area (Å²) in [5, 5.41) is 3.73. The molecule has 2 aliphatic rings. The highest BCUT2D eigenvalue weighted by atomic mass is 16.5. The molecule has 4 heteroatoms. The average Bonchev–Trinajstić information content (AvgIpc) is 3.14. The topological polar surface area (TPSA) is 27.7 Å². The van der Waals surface area contributed by atoms with Crippen molar-refractivity contribution >= 4 is 0 Å². The molecule has 0 bridgehead atoms. The molecule has 2 fully saturated rings. The molecule has 1 saturated carbocycles. The lowest BCUT2D eigenvalue weighted by atomic mass is 9.86. The third kappa shape index (κ3) is 5.32. The highest BCUT2D eigenvalue weighted by Crippen LogP contribution is 2.31. The van der Waals surface area contributed by atoms with Crippen molar-refractivity contribution in [3.63, 3.8) is 0 Å². The van der Waals surface area contributed by atoms with Gasteiger partial charge >= 0.3 is 0 Å². The van der Waals surface area contributed by atoms with Crippen LogP contribution >= 0.6 is 0 Å². The molecule has 1 aliphatic heterocycles. The van der Waals surface area contributed by atoms with Crippen LogP contribution in [0.4, 0.5) is 0 Å². The van der Waals surface area contributed by atoms with Crippen LogP contribution in [0.5, 0.6) is 0 Å². The molecule has 4 nitrogen and oxygen atoms in total. The first-order chi connectivity index (χ1) is 9.63. The van der Waals surface area contributed by atoms with Gasteiger partial charge in [0.15, 0.2) is 0 Å². The summed E-state index contributed by atoms with van der Waals surface area (Å²) in [4.78, 5) is 4.92. The molecule has 2 rings (SSSR count). The molecule has 1 N–H and O–H groups in total. The third-order valence-electron chi connectivity index (χ3n) is 4.49. The Morgan fingerprint density at radius 1 is 1.20 bits per heavy atom. The summed E-state index contributed by atoms with van der Waals surface area (Å²) in [5.74, 6) is 0. The standard InChI is InChI=1S/C16H33N3O/c1-4-8-19(10-9-18(2)3)13-16(7-11-20-14-16)12-17-15-5-6-15/h15,17H,4-14H2,1-3H3. The third-order valence-corrected chi connectivity index (χ3v) is 4.49. The normalized spacial score (nSPS) is 26.9. The van der Waals surface area contributed by atoms with Crippen LogP contribution in [-0.4, -0.2) is 75.9 Å². The predicted octanol–water partition coefficient (Wildman–Crippen LogP) is 1.42. The summed E-state index contributed by atoms with van der Waals surface area (Å²) in [6, 6.07) is 0.800. The maximum absolute atomic E-state index is 5.74. The van der Waals surface area contributed by atoms with Crippen LogP contribution in [0.1, 0.15) is 32.6 Å². The molecular weight excluding hydrogens is 250 g/mol. The van der Waals surface area contributed by atoms with E-state index in [9.17, 15) is 0 Å². The van der Waals surface area contributed by atoms with Crippen LogP contribution in [0, 0.1) is 5.41 Å². The summed E-state index contributed by atoms with van der Waals surface area (Å²) >= 11 is 0. The first-order valence-electron chi connectivity index (χ1n) is 8.32. The van der Waals surface area contributed by atoms with E-state index in [2.05, 4.69) is 36.1 Å². The number of ether oxygens (including phenoxy) is 1. The minimum Gasteiger partial charge on any atom is -0.381 e. The van der Waals surface area contributed by atoms with E-state index >= 15 is 0 Å². The van der Waals surface area contributed by atoms with Gasteiger partial charge in [0.2, 0.25) is 0 Å². The van der Waals surface area contributed by atoms with Gasteiger partial charge in [-0.25, -0.2) is 0 Å². The molecule has 0 amide bonds. The van der Waals surface area contributed by atoms with E-state index in [1.807, 2.05) is 0 Å². The van der Waals surface area contributed by atoms with Crippen molar-refractivity contribution in [2.75, 3.05) is 60.0 Å². The molecule has 0 radical (unpaired) electrons. The molecule has 1 saturated heterocycles. The van der Waals surface area contributed by atoms with E-state index in [0.717, 1.165) is 32.3 Å². The molecule has 1 heterocycles. The minimum absolute atomic E-state index is 0.351. The molecular formula is C16H33N3O. The Labute approximate surface area is 124 Å². The first-order valence-corrected chi connectivity index (χ1v) is 8.32. The van der Waals surface area contributed by atoms with Gasteiger partial charge < -0.3 is 19.9 Å². The molecule has 0 aromatic carbocycles. The van der Waals surface area contributed by atoms with Crippen molar-refractivity contribution in [1.29, 1.82) is 0 Å². The number of nitrogens with zero attached hydrogens (tertiary/aromatic N) is 2. The Balaban J connectivity index is 1.85. The zero-order valence-corrected chi connectivity index (χ0v) is 13.7. The van der Waals surface area contributed by atoms with E-state index in [4.69, 9.17) is 4.74 Å². The Kier molecular flexibility index (Phi) is 6.27. The monoisotopic (exact) mass is 283 g/mol. The Morgan fingerprint density at radius 3 is 2.55 bits per heavy atom. The van der Waals surface area contributed by atoms with Gasteiger partial charge in [-0.2, -0.15) is 0 Å². The SMILES string of the molecule is CCCN(CCN(C)C)CC1(CNC2CC2)CCOC1. The van der Waals surface area contributed by atoms with E-state index in [-0.39, 0.29) is 0 Å². The van der Waals surface area contributed by atoms with Crippen LogP contribution in [0.25, 0.3) is 0 Å². The smallest absolute Gasteiger partial charge is 0.0547 e. The van der Waals surface area contributed by atoms with Crippen LogP contribution in [-0.2, 0) is 4.74 Å². The van der Waals surface area contributed by atoms with Crippen LogP contribution in [0.3, 0.4) is 0 Å². The fourth-order valence-corrected chi connectivity index (χ4v) is 3.02. The van der Waals surface area contributed by atoms with Crippen molar-refractivity contribution in [2.24, 2.45) is 5.41 Å². The number of hydrogen-bond donors (Lipinski definition) is 1. The largest absolute Gasteiger partial charge is 0.381 e. The summed E-state index contributed by atoms with van der Waals surface area (Å²) in [7, 11) is 4.32. The zero-order chi connectivity index (χ0) is 14.4. The second-order valence-electron chi connectivity index (χ2n) is 7.04. The van der Waals surface area contributed by atoms with Crippen molar-refractivity contribution in [3.8, 4) is 0 Å². The highest BCUT2D eigenvalue weighted by molar-refractivity contribution is 4.92. The predicted molar refractivity (Wildman–Crippen MR) is 84.2 cm³/mol. The number of likely N-dealkylation sites (N-methyl/N-ethyl adjacent to an activating group) is 1. The van der Waals surface area contributed by atoms with Crippen LogP contribution in [0.2, 0.25) is 0 Å². The first kappa shape index (κ1) is 16.2. The van der Waals surface area contributed by atoms with Gasteiger partial charge in [-0.3, -0.25) is 0 Å². The van der Waals surface area contributed by atoms with Crippen molar-refractivity contribution < 1.29 is 4.74 Å². The highest BCUT2D eigenvalue weighted by Gasteiger charge is 2.37. The van der Waals surface area contributed by atoms with Crippen LogP contribution in [0.15, 0.2) is 0 Å². The number of nitrogens with one attached hydrogen (secondary N) is 1. The van der Waals surface area contributed by atoms with E-state index in [1.54, 1.807) is 0 Å².